The number of aromatic carboxylic acids is 1. The van der Waals surface area contributed by atoms with Crippen molar-refractivity contribution in [2.45, 2.75) is 0 Å². The van der Waals surface area contributed by atoms with Crippen LogP contribution in [0.3, 0.4) is 0 Å². The molecule has 15 heavy (non-hydrogen) atoms. The molecule has 0 aliphatic heterocycles. The van der Waals surface area contributed by atoms with Crippen molar-refractivity contribution >= 4 is 21.9 Å². The fraction of sp³-hybridized carbons (Fsp3) is 0.182. The van der Waals surface area contributed by atoms with Crippen LogP contribution in [0.1, 0.15) is 15.9 Å². The van der Waals surface area contributed by atoms with Gasteiger partial charge in [-0.25, -0.2) is 4.79 Å². The normalized spacial score (nSPS) is 9.20. The Morgan fingerprint density at radius 3 is 2.93 bits per heavy atom. The standard InChI is InChI=1S/C11H10BrNO2/c1-13-6-2-3-8-4-5-9(12)7-10(8)11(14)15/h4-5,7,13H,6H2,1H3,(H,14,15). The summed E-state index contributed by atoms with van der Waals surface area (Å²) in [6.07, 6.45) is 0. The summed E-state index contributed by atoms with van der Waals surface area (Å²) in [6.45, 7) is 0.537. The molecule has 0 aliphatic rings. The zero-order chi connectivity index (χ0) is 11.3. The summed E-state index contributed by atoms with van der Waals surface area (Å²) < 4.78 is 0.735. The molecule has 0 saturated carbocycles. The largest absolute Gasteiger partial charge is 0.478 e. The van der Waals surface area contributed by atoms with Gasteiger partial charge in [0.2, 0.25) is 0 Å². The van der Waals surface area contributed by atoms with E-state index in [1.165, 1.54) is 0 Å². The minimum atomic E-state index is -0.968. The van der Waals surface area contributed by atoms with Crippen molar-refractivity contribution in [3.63, 3.8) is 0 Å². The highest BCUT2D eigenvalue weighted by atomic mass is 79.9. The molecule has 2 N–H and O–H groups in total. The molecule has 1 aromatic rings. The van der Waals surface area contributed by atoms with Gasteiger partial charge in [0.15, 0.2) is 0 Å². The second kappa shape index (κ2) is 5.54. The monoisotopic (exact) mass is 267 g/mol. The third kappa shape index (κ3) is 3.39. The van der Waals surface area contributed by atoms with E-state index in [0.29, 0.717) is 12.1 Å². The maximum atomic E-state index is 10.9. The molecule has 0 atom stereocenters. The number of carboxylic acid groups (broad SMARTS) is 1. The Labute approximate surface area is 96.6 Å². The van der Waals surface area contributed by atoms with Crippen LogP contribution < -0.4 is 5.32 Å². The minimum Gasteiger partial charge on any atom is -0.478 e. The Kier molecular flexibility index (Phi) is 4.35. The summed E-state index contributed by atoms with van der Waals surface area (Å²) in [7, 11) is 1.79. The molecule has 0 radical (unpaired) electrons. The van der Waals surface area contributed by atoms with Crippen molar-refractivity contribution in [2.24, 2.45) is 0 Å². The van der Waals surface area contributed by atoms with E-state index in [4.69, 9.17) is 5.11 Å². The van der Waals surface area contributed by atoms with Crippen molar-refractivity contribution in [3.8, 4) is 11.8 Å². The van der Waals surface area contributed by atoms with E-state index in [0.717, 1.165) is 4.47 Å². The molecular formula is C11H10BrNO2. The highest BCUT2D eigenvalue weighted by molar-refractivity contribution is 9.10. The highest BCUT2D eigenvalue weighted by Gasteiger charge is 2.08. The highest BCUT2D eigenvalue weighted by Crippen LogP contribution is 2.15. The molecule has 1 aromatic carbocycles. The number of carboxylic acids is 1. The third-order valence-electron chi connectivity index (χ3n) is 1.70. The van der Waals surface area contributed by atoms with Crippen LogP contribution in [0.15, 0.2) is 22.7 Å². The molecule has 0 spiro atoms. The van der Waals surface area contributed by atoms with Crippen LogP contribution in [-0.2, 0) is 0 Å². The number of rotatable bonds is 2. The molecule has 0 fully saturated rings. The summed E-state index contributed by atoms with van der Waals surface area (Å²) in [5, 5.41) is 11.8. The van der Waals surface area contributed by atoms with E-state index in [-0.39, 0.29) is 5.56 Å². The van der Waals surface area contributed by atoms with Gasteiger partial charge >= 0.3 is 5.97 Å². The van der Waals surface area contributed by atoms with Gasteiger partial charge in [-0.05, 0) is 25.2 Å². The first-order valence-corrected chi connectivity index (χ1v) is 5.10. The Hall–Kier alpha value is -1.31. The maximum Gasteiger partial charge on any atom is 0.337 e. The number of hydrogen-bond acceptors (Lipinski definition) is 2. The van der Waals surface area contributed by atoms with Crippen LogP contribution in [0.5, 0.6) is 0 Å². The Balaban J connectivity index is 3.08. The van der Waals surface area contributed by atoms with Crippen molar-refractivity contribution in [1.29, 1.82) is 0 Å². The lowest BCUT2D eigenvalue weighted by atomic mass is 10.1. The molecule has 0 unspecified atom stereocenters. The second-order valence-electron chi connectivity index (χ2n) is 2.83. The van der Waals surface area contributed by atoms with Crippen molar-refractivity contribution in [1.82, 2.24) is 5.32 Å². The van der Waals surface area contributed by atoms with Crippen molar-refractivity contribution in [3.05, 3.63) is 33.8 Å². The minimum absolute atomic E-state index is 0.216. The fourth-order valence-electron chi connectivity index (χ4n) is 1.03. The van der Waals surface area contributed by atoms with E-state index < -0.39 is 5.97 Å². The van der Waals surface area contributed by atoms with Crippen molar-refractivity contribution < 1.29 is 9.90 Å². The molecule has 0 aliphatic carbocycles. The summed E-state index contributed by atoms with van der Waals surface area (Å²) >= 11 is 3.22. The van der Waals surface area contributed by atoms with Crippen LogP contribution >= 0.6 is 15.9 Å². The average molecular weight is 268 g/mol. The lowest BCUT2D eigenvalue weighted by Gasteiger charge is -1.99. The quantitative estimate of drug-likeness (QED) is 0.803. The van der Waals surface area contributed by atoms with Gasteiger partial charge < -0.3 is 10.4 Å². The molecular weight excluding hydrogens is 258 g/mol. The maximum absolute atomic E-state index is 10.9. The zero-order valence-corrected chi connectivity index (χ0v) is 9.76. The van der Waals surface area contributed by atoms with Crippen LogP contribution in [-0.4, -0.2) is 24.7 Å². The topological polar surface area (TPSA) is 49.3 Å². The summed E-state index contributed by atoms with van der Waals surface area (Å²) in [5.74, 6) is 4.67. The molecule has 4 heteroatoms. The first kappa shape index (κ1) is 11.8. The van der Waals surface area contributed by atoms with Gasteiger partial charge in [0, 0.05) is 10.0 Å². The number of hydrogen-bond donors (Lipinski definition) is 2. The van der Waals surface area contributed by atoms with E-state index >= 15 is 0 Å². The van der Waals surface area contributed by atoms with E-state index in [2.05, 4.69) is 33.1 Å². The first-order chi connectivity index (χ1) is 7.15. The van der Waals surface area contributed by atoms with Crippen LogP contribution in [0, 0.1) is 11.8 Å². The predicted octanol–water partition coefficient (Wildman–Crippen LogP) is 1.72. The molecule has 1 rings (SSSR count). The summed E-state index contributed by atoms with van der Waals surface area (Å²) in [4.78, 5) is 10.9. The van der Waals surface area contributed by atoms with E-state index in [9.17, 15) is 4.79 Å². The Morgan fingerprint density at radius 2 is 2.33 bits per heavy atom. The smallest absolute Gasteiger partial charge is 0.337 e. The fourth-order valence-corrected chi connectivity index (χ4v) is 1.39. The van der Waals surface area contributed by atoms with Crippen LogP contribution in [0.4, 0.5) is 0 Å². The van der Waals surface area contributed by atoms with Gasteiger partial charge in [0.05, 0.1) is 12.1 Å². The Bertz CT molecular complexity index is 432. The molecule has 0 heterocycles. The second-order valence-corrected chi connectivity index (χ2v) is 3.74. The van der Waals surface area contributed by atoms with Gasteiger partial charge in [-0.1, -0.05) is 27.8 Å². The van der Waals surface area contributed by atoms with Gasteiger partial charge in [-0.3, -0.25) is 0 Å². The zero-order valence-electron chi connectivity index (χ0n) is 8.17. The van der Waals surface area contributed by atoms with Crippen LogP contribution in [0.25, 0.3) is 0 Å². The number of carbonyl (C=O) groups is 1. The van der Waals surface area contributed by atoms with Crippen molar-refractivity contribution in [2.75, 3.05) is 13.6 Å². The van der Waals surface area contributed by atoms with Gasteiger partial charge in [0.25, 0.3) is 0 Å². The molecule has 0 saturated heterocycles. The number of nitrogens with one attached hydrogen (secondary N) is 1. The lowest BCUT2D eigenvalue weighted by Crippen LogP contribution is -2.05. The molecule has 3 nitrogen and oxygen atoms in total. The number of benzene rings is 1. The average Bonchev–Trinajstić information content (AvgIpc) is 2.20. The summed E-state index contributed by atoms with van der Waals surface area (Å²) in [6, 6.07) is 5.01. The van der Waals surface area contributed by atoms with Gasteiger partial charge in [0.1, 0.15) is 0 Å². The SMILES string of the molecule is CNCC#Cc1ccc(Br)cc1C(=O)O. The predicted molar refractivity (Wildman–Crippen MR) is 61.9 cm³/mol. The first-order valence-electron chi connectivity index (χ1n) is 4.31. The number of halogens is 1. The van der Waals surface area contributed by atoms with E-state index in [1.807, 2.05) is 0 Å². The van der Waals surface area contributed by atoms with Gasteiger partial charge in [-0.2, -0.15) is 0 Å². The van der Waals surface area contributed by atoms with Crippen LogP contribution in [0.2, 0.25) is 0 Å². The summed E-state index contributed by atoms with van der Waals surface area (Å²) in [5.41, 5.74) is 0.744. The molecule has 0 aromatic heterocycles. The Morgan fingerprint density at radius 1 is 1.60 bits per heavy atom. The third-order valence-corrected chi connectivity index (χ3v) is 2.19. The lowest BCUT2D eigenvalue weighted by molar-refractivity contribution is 0.0696. The van der Waals surface area contributed by atoms with Gasteiger partial charge in [-0.15, -0.1) is 0 Å². The molecule has 78 valence electrons. The molecule has 0 bridgehead atoms. The van der Waals surface area contributed by atoms with E-state index in [1.54, 1.807) is 25.2 Å². The molecule has 0 amide bonds.